The van der Waals surface area contributed by atoms with Crippen LogP contribution in [0.1, 0.15) is 28.9 Å². The Hall–Kier alpha value is -2.39. The van der Waals surface area contributed by atoms with E-state index in [9.17, 15) is 9.18 Å². The summed E-state index contributed by atoms with van der Waals surface area (Å²) in [6.45, 7) is 0. The maximum Gasteiger partial charge on any atom is 0.190 e. The van der Waals surface area contributed by atoms with Crippen molar-refractivity contribution in [2.24, 2.45) is 0 Å². The molecule has 0 atom stereocenters. The van der Waals surface area contributed by atoms with E-state index in [2.05, 4.69) is 4.98 Å². The van der Waals surface area contributed by atoms with Gasteiger partial charge in [0, 0.05) is 16.8 Å². The van der Waals surface area contributed by atoms with E-state index in [4.69, 9.17) is 11.6 Å². The van der Waals surface area contributed by atoms with Gasteiger partial charge in [-0.3, -0.25) is 4.79 Å². The van der Waals surface area contributed by atoms with Crippen LogP contribution in [0.2, 0.25) is 5.02 Å². The molecule has 0 radical (unpaired) electrons. The molecule has 4 heteroatoms. The summed E-state index contributed by atoms with van der Waals surface area (Å²) in [5.41, 5.74) is 2.74. The molecule has 0 spiro atoms. The van der Waals surface area contributed by atoms with Gasteiger partial charge >= 0.3 is 0 Å². The number of nitrogens with one attached hydrogen (secondary N) is 1. The molecule has 1 aliphatic rings. The second-order valence-corrected chi connectivity index (χ2v) is 6.63. The van der Waals surface area contributed by atoms with E-state index in [-0.39, 0.29) is 11.6 Å². The predicted octanol–water partition coefficient (Wildman–Crippen LogP) is 5.39. The van der Waals surface area contributed by atoms with Crippen LogP contribution in [0.4, 0.5) is 4.39 Å². The Kier molecular flexibility index (Phi) is 3.54. The topological polar surface area (TPSA) is 32.9 Å². The molecule has 1 fully saturated rings. The van der Waals surface area contributed by atoms with Crippen LogP contribution in [0.5, 0.6) is 0 Å². The zero-order valence-corrected chi connectivity index (χ0v) is 13.6. The number of aromatic amines is 1. The fourth-order valence-corrected chi connectivity index (χ4v) is 3.33. The number of halogens is 2. The normalized spacial score (nSPS) is 15.2. The Morgan fingerprint density at radius 2 is 1.67 bits per heavy atom. The van der Waals surface area contributed by atoms with Crippen molar-refractivity contribution in [1.29, 1.82) is 0 Å². The molecule has 1 N–H and O–H groups in total. The fraction of sp³-hybridized carbons (Fsp3) is 0.150. The van der Waals surface area contributed by atoms with Crippen molar-refractivity contribution in [2.75, 3.05) is 0 Å². The first-order chi connectivity index (χ1) is 11.6. The van der Waals surface area contributed by atoms with Crippen LogP contribution < -0.4 is 0 Å². The zero-order chi connectivity index (χ0) is 16.7. The first-order valence-electron chi connectivity index (χ1n) is 7.84. The lowest BCUT2D eigenvalue weighted by Crippen LogP contribution is -2.21. The summed E-state index contributed by atoms with van der Waals surface area (Å²) in [5.74, 6) is -0.212. The van der Waals surface area contributed by atoms with Gasteiger partial charge in [0.2, 0.25) is 0 Å². The molecule has 0 bridgehead atoms. The van der Waals surface area contributed by atoms with E-state index in [1.807, 2.05) is 30.3 Å². The number of carbonyl (C=O) groups excluding carboxylic acids is 1. The fourth-order valence-electron chi connectivity index (χ4n) is 3.21. The molecule has 2 nitrogen and oxygen atoms in total. The summed E-state index contributed by atoms with van der Waals surface area (Å²) >= 11 is 5.96. The molecule has 3 aromatic rings. The third-order valence-corrected chi connectivity index (χ3v) is 4.96. The van der Waals surface area contributed by atoms with Gasteiger partial charge in [-0.25, -0.2) is 4.39 Å². The molecular weight excluding hydrogens is 325 g/mol. The predicted molar refractivity (Wildman–Crippen MR) is 92.9 cm³/mol. The van der Waals surface area contributed by atoms with Crippen molar-refractivity contribution in [1.82, 2.24) is 4.98 Å². The highest BCUT2D eigenvalue weighted by atomic mass is 35.5. The van der Waals surface area contributed by atoms with Crippen molar-refractivity contribution >= 4 is 17.4 Å². The van der Waals surface area contributed by atoms with Crippen molar-refractivity contribution in [3.05, 3.63) is 82.9 Å². The van der Waals surface area contributed by atoms with E-state index in [1.54, 1.807) is 18.3 Å². The lowest BCUT2D eigenvalue weighted by Gasteiger charge is -2.15. The maximum atomic E-state index is 13.2. The number of hydrogen-bond donors (Lipinski definition) is 1. The van der Waals surface area contributed by atoms with Gasteiger partial charge in [0.1, 0.15) is 5.82 Å². The molecule has 0 amide bonds. The first-order valence-corrected chi connectivity index (χ1v) is 8.22. The van der Waals surface area contributed by atoms with Crippen LogP contribution in [-0.2, 0) is 5.41 Å². The molecular formula is C20H15ClFNO. The van der Waals surface area contributed by atoms with Crippen molar-refractivity contribution in [3.63, 3.8) is 0 Å². The summed E-state index contributed by atoms with van der Waals surface area (Å²) in [4.78, 5) is 16.3. The molecule has 120 valence electrons. The van der Waals surface area contributed by atoms with Gasteiger partial charge in [-0.2, -0.15) is 0 Å². The van der Waals surface area contributed by atoms with Crippen LogP contribution in [0.25, 0.3) is 11.1 Å². The quantitative estimate of drug-likeness (QED) is 0.635. The van der Waals surface area contributed by atoms with Crippen molar-refractivity contribution < 1.29 is 9.18 Å². The number of Topliss-reactive ketones (excluding diaryl/α,β-unsaturated/α-hetero) is 1. The Balaban J connectivity index is 1.72. The van der Waals surface area contributed by atoms with Gasteiger partial charge < -0.3 is 4.98 Å². The molecule has 2 aromatic carbocycles. The van der Waals surface area contributed by atoms with Gasteiger partial charge in [0.15, 0.2) is 5.78 Å². The molecule has 4 rings (SSSR count). The average Bonchev–Trinajstić information content (AvgIpc) is 3.26. The van der Waals surface area contributed by atoms with E-state index >= 15 is 0 Å². The van der Waals surface area contributed by atoms with E-state index in [0.717, 1.165) is 29.5 Å². The van der Waals surface area contributed by atoms with Crippen LogP contribution in [0.15, 0.2) is 60.8 Å². The Labute approximate surface area is 144 Å². The third-order valence-electron chi connectivity index (χ3n) is 4.71. The summed E-state index contributed by atoms with van der Waals surface area (Å²) < 4.78 is 13.2. The Bertz CT molecular complexity index is 892. The lowest BCUT2D eigenvalue weighted by molar-refractivity contribution is 0.0942. The molecule has 0 unspecified atom stereocenters. The zero-order valence-electron chi connectivity index (χ0n) is 12.9. The lowest BCUT2D eigenvalue weighted by atomic mass is 9.88. The Morgan fingerprint density at radius 1 is 1.00 bits per heavy atom. The second-order valence-electron chi connectivity index (χ2n) is 6.19. The van der Waals surface area contributed by atoms with Crippen LogP contribution >= 0.6 is 11.6 Å². The smallest absolute Gasteiger partial charge is 0.190 e. The minimum absolute atomic E-state index is 0.0779. The van der Waals surface area contributed by atoms with E-state index in [0.29, 0.717) is 10.7 Å². The second kappa shape index (κ2) is 5.60. The molecule has 1 saturated carbocycles. The number of ketones is 1. The van der Waals surface area contributed by atoms with Crippen LogP contribution in [0.3, 0.4) is 0 Å². The van der Waals surface area contributed by atoms with Gasteiger partial charge in [0.05, 0.1) is 11.1 Å². The van der Waals surface area contributed by atoms with Gasteiger partial charge in [0.25, 0.3) is 0 Å². The molecule has 0 aliphatic heterocycles. The molecule has 1 aliphatic carbocycles. The van der Waals surface area contributed by atoms with Gasteiger partial charge in [-0.1, -0.05) is 35.9 Å². The maximum absolute atomic E-state index is 13.2. The summed E-state index contributed by atoms with van der Waals surface area (Å²) in [7, 11) is 0. The highest BCUT2D eigenvalue weighted by Gasteiger charge is 2.52. The Morgan fingerprint density at radius 3 is 2.29 bits per heavy atom. The average molecular weight is 340 g/mol. The van der Waals surface area contributed by atoms with Gasteiger partial charge in [-0.15, -0.1) is 0 Å². The number of carbonyl (C=O) groups is 1. The summed E-state index contributed by atoms with van der Waals surface area (Å²) in [5, 5.41) is 0.661. The van der Waals surface area contributed by atoms with E-state index in [1.165, 1.54) is 12.1 Å². The SMILES string of the molecule is O=C(c1[nH]ccc1-c1ccc(F)cc1)C1(c2ccc(Cl)cc2)CC1. The monoisotopic (exact) mass is 339 g/mol. The standard InChI is InChI=1S/C20H15ClFNO/c21-15-5-3-14(4-6-15)20(10-11-20)19(24)18-17(9-12-23-18)13-1-7-16(22)8-2-13/h1-9,12,23H,10-11H2. The van der Waals surface area contributed by atoms with Gasteiger partial charge in [-0.05, 0) is 54.3 Å². The largest absolute Gasteiger partial charge is 0.358 e. The summed E-state index contributed by atoms with van der Waals surface area (Å²) in [6.07, 6.45) is 3.41. The van der Waals surface area contributed by atoms with E-state index < -0.39 is 5.41 Å². The summed E-state index contributed by atoms with van der Waals surface area (Å²) in [6, 6.07) is 15.5. The molecule has 0 saturated heterocycles. The molecule has 1 aromatic heterocycles. The van der Waals surface area contributed by atoms with Crippen molar-refractivity contribution in [3.8, 4) is 11.1 Å². The third kappa shape index (κ3) is 2.45. The van der Waals surface area contributed by atoms with Crippen LogP contribution in [0, 0.1) is 5.82 Å². The number of rotatable bonds is 4. The molecule has 1 heterocycles. The highest BCUT2D eigenvalue weighted by molar-refractivity contribution is 6.30. The van der Waals surface area contributed by atoms with Crippen molar-refractivity contribution in [2.45, 2.75) is 18.3 Å². The first kappa shape index (κ1) is 15.2. The molecule has 24 heavy (non-hydrogen) atoms. The minimum Gasteiger partial charge on any atom is -0.358 e. The number of benzene rings is 2. The minimum atomic E-state index is -0.468. The number of H-pyrrole nitrogens is 1. The number of aromatic nitrogens is 1. The number of hydrogen-bond acceptors (Lipinski definition) is 1. The van der Waals surface area contributed by atoms with Crippen LogP contribution in [-0.4, -0.2) is 10.8 Å². The highest BCUT2D eigenvalue weighted by Crippen LogP contribution is 2.51.